The number of halogens is 3. The quantitative estimate of drug-likeness (QED) is 0.786. The summed E-state index contributed by atoms with van der Waals surface area (Å²) in [6, 6.07) is 7.22. The van der Waals surface area contributed by atoms with Crippen molar-refractivity contribution < 1.29 is 13.2 Å². The normalized spacial score (nSPS) is 10.3. The van der Waals surface area contributed by atoms with E-state index in [-0.39, 0.29) is 11.4 Å². The summed E-state index contributed by atoms with van der Waals surface area (Å²) in [7, 11) is 0. The largest absolute Gasteiger partial charge is 0.399 e. The minimum atomic E-state index is -0.791. The highest BCUT2D eigenvalue weighted by Gasteiger charge is 2.10. The number of rotatable bonds is 2. The molecule has 2 aromatic rings. The van der Waals surface area contributed by atoms with Crippen LogP contribution in [0.25, 0.3) is 0 Å². The summed E-state index contributed by atoms with van der Waals surface area (Å²) < 4.78 is 40.0. The predicted octanol–water partition coefficient (Wildman–Crippen LogP) is 3.43. The third-order valence-electron chi connectivity index (χ3n) is 2.22. The van der Waals surface area contributed by atoms with Gasteiger partial charge in [0.05, 0.1) is 5.69 Å². The molecule has 0 saturated carbocycles. The Hall–Kier alpha value is -2.17. The Morgan fingerprint density at radius 2 is 1.53 bits per heavy atom. The standard InChI is InChI=1S/C12H9F3N2/c13-8-2-1-3-9(14)12(8)17-11-5-4-7(16)6-10(11)15/h1-6,17H,16H2. The zero-order chi connectivity index (χ0) is 12.4. The van der Waals surface area contributed by atoms with Crippen LogP contribution in [-0.4, -0.2) is 0 Å². The molecule has 3 N–H and O–H groups in total. The lowest BCUT2D eigenvalue weighted by Crippen LogP contribution is -2.00. The van der Waals surface area contributed by atoms with Crippen molar-refractivity contribution >= 4 is 17.1 Å². The maximum absolute atomic E-state index is 13.4. The van der Waals surface area contributed by atoms with Gasteiger partial charge in [0, 0.05) is 5.69 Å². The molecule has 17 heavy (non-hydrogen) atoms. The smallest absolute Gasteiger partial charge is 0.149 e. The molecule has 0 spiro atoms. The van der Waals surface area contributed by atoms with E-state index < -0.39 is 23.1 Å². The second kappa shape index (κ2) is 4.37. The van der Waals surface area contributed by atoms with Crippen LogP contribution in [0.5, 0.6) is 0 Å². The molecule has 88 valence electrons. The van der Waals surface area contributed by atoms with E-state index in [2.05, 4.69) is 5.32 Å². The highest BCUT2D eigenvalue weighted by molar-refractivity contribution is 5.63. The van der Waals surface area contributed by atoms with E-state index in [1.54, 1.807) is 0 Å². The maximum atomic E-state index is 13.4. The second-order valence-corrected chi connectivity index (χ2v) is 3.46. The van der Waals surface area contributed by atoms with Gasteiger partial charge in [-0.05, 0) is 30.3 Å². The summed E-state index contributed by atoms with van der Waals surface area (Å²) in [5, 5.41) is 2.36. The number of nitrogen functional groups attached to an aromatic ring is 1. The fourth-order valence-electron chi connectivity index (χ4n) is 1.38. The Morgan fingerprint density at radius 1 is 0.882 bits per heavy atom. The second-order valence-electron chi connectivity index (χ2n) is 3.46. The molecule has 2 nitrogen and oxygen atoms in total. The first-order valence-corrected chi connectivity index (χ1v) is 4.84. The van der Waals surface area contributed by atoms with Crippen LogP contribution in [0.1, 0.15) is 0 Å². The van der Waals surface area contributed by atoms with Crippen molar-refractivity contribution in [3.8, 4) is 0 Å². The Kier molecular flexibility index (Phi) is 2.91. The minimum absolute atomic E-state index is 0.0387. The average molecular weight is 238 g/mol. The SMILES string of the molecule is Nc1ccc(Nc2c(F)cccc2F)c(F)c1. The van der Waals surface area contributed by atoms with Gasteiger partial charge in [-0.3, -0.25) is 0 Å². The van der Waals surface area contributed by atoms with Gasteiger partial charge < -0.3 is 11.1 Å². The van der Waals surface area contributed by atoms with Gasteiger partial charge in [-0.25, -0.2) is 13.2 Å². The number of benzene rings is 2. The Morgan fingerprint density at radius 3 is 2.12 bits per heavy atom. The Labute approximate surface area is 95.9 Å². The number of nitrogens with two attached hydrogens (primary N) is 1. The molecule has 0 unspecified atom stereocenters. The number of para-hydroxylation sites is 1. The lowest BCUT2D eigenvalue weighted by atomic mass is 10.2. The highest BCUT2D eigenvalue weighted by atomic mass is 19.1. The molecular formula is C12H9F3N2. The zero-order valence-corrected chi connectivity index (χ0v) is 8.68. The molecule has 0 atom stereocenters. The van der Waals surface area contributed by atoms with E-state index >= 15 is 0 Å². The van der Waals surface area contributed by atoms with Crippen molar-refractivity contribution in [2.75, 3.05) is 11.1 Å². The first kappa shape index (κ1) is 11.3. The lowest BCUT2D eigenvalue weighted by Gasteiger charge is -2.09. The monoisotopic (exact) mass is 238 g/mol. The third-order valence-corrected chi connectivity index (χ3v) is 2.22. The Balaban J connectivity index is 2.38. The minimum Gasteiger partial charge on any atom is -0.399 e. The molecule has 0 fully saturated rings. The predicted molar refractivity (Wildman–Crippen MR) is 60.5 cm³/mol. The summed E-state index contributed by atoms with van der Waals surface area (Å²) in [6.45, 7) is 0. The van der Waals surface area contributed by atoms with Gasteiger partial charge in [-0.15, -0.1) is 0 Å². The van der Waals surface area contributed by atoms with Crippen LogP contribution >= 0.6 is 0 Å². The first-order chi connectivity index (χ1) is 8.08. The molecule has 0 amide bonds. The van der Waals surface area contributed by atoms with E-state index in [1.165, 1.54) is 18.2 Å². The maximum Gasteiger partial charge on any atom is 0.149 e. The van der Waals surface area contributed by atoms with Crippen molar-refractivity contribution in [3.63, 3.8) is 0 Å². The molecule has 0 radical (unpaired) electrons. The van der Waals surface area contributed by atoms with E-state index in [4.69, 9.17) is 5.73 Å². The Bertz CT molecular complexity index is 535. The zero-order valence-electron chi connectivity index (χ0n) is 8.68. The molecule has 2 aromatic carbocycles. The van der Waals surface area contributed by atoms with Crippen LogP contribution in [0.3, 0.4) is 0 Å². The van der Waals surface area contributed by atoms with Crippen LogP contribution in [0.15, 0.2) is 36.4 Å². The van der Waals surface area contributed by atoms with Gasteiger partial charge in [0.1, 0.15) is 23.1 Å². The molecule has 0 bridgehead atoms. The molecule has 0 aliphatic carbocycles. The highest BCUT2D eigenvalue weighted by Crippen LogP contribution is 2.25. The molecule has 0 aliphatic heterocycles. The van der Waals surface area contributed by atoms with Gasteiger partial charge in [-0.1, -0.05) is 6.07 Å². The molecule has 0 aromatic heterocycles. The van der Waals surface area contributed by atoms with E-state index in [0.717, 1.165) is 18.2 Å². The molecule has 0 saturated heterocycles. The van der Waals surface area contributed by atoms with Gasteiger partial charge in [0.25, 0.3) is 0 Å². The topological polar surface area (TPSA) is 38.0 Å². The molecule has 0 aliphatic rings. The molecule has 0 heterocycles. The van der Waals surface area contributed by atoms with Crippen molar-refractivity contribution in [1.29, 1.82) is 0 Å². The summed E-state index contributed by atoms with van der Waals surface area (Å²) in [5.74, 6) is -2.25. The van der Waals surface area contributed by atoms with Crippen molar-refractivity contribution in [3.05, 3.63) is 53.8 Å². The molecule has 2 rings (SSSR count). The summed E-state index contributed by atoms with van der Waals surface area (Å²) in [4.78, 5) is 0. The summed E-state index contributed by atoms with van der Waals surface area (Å²) in [6.07, 6.45) is 0. The molecular weight excluding hydrogens is 229 g/mol. The fraction of sp³-hybridized carbons (Fsp3) is 0. The summed E-state index contributed by atoms with van der Waals surface area (Å²) in [5.41, 5.74) is 5.17. The third kappa shape index (κ3) is 2.33. The van der Waals surface area contributed by atoms with Crippen molar-refractivity contribution in [1.82, 2.24) is 0 Å². The van der Waals surface area contributed by atoms with Crippen molar-refractivity contribution in [2.45, 2.75) is 0 Å². The van der Waals surface area contributed by atoms with Crippen LogP contribution < -0.4 is 11.1 Å². The first-order valence-electron chi connectivity index (χ1n) is 4.84. The van der Waals surface area contributed by atoms with Crippen LogP contribution in [0.4, 0.5) is 30.2 Å². The molecule has 5 heteroatoms. The number of hydrogen-bond donors (Lipinski definition) is 2. The van der Waals surface area contributed by atoms with Crippen LogP contribution in [0.2, 0.25) is 0 Å². The number of hydrogen-bond acceptors (Lipinski definition) is 2. The fourth-order valence-corrected chi connectivity index (χ4v) is 1.38. The number of anilines is 3. The van der Waals surface area contributed by atoms with E-state index in [9.17, 15) is 13.2 Å². The average Bonchev–Trinajstić information content (AvgIpc) is 2.26. The van der Waals surface area contributed by atoms with Gasteiger partial charge in [0.2, 0.25) is 0 Å². The van der Waals surface area contributed by atoms with Crippen molar-refractivity contribution in [2.24, 2.45) is 0 Å². The van der Waals surface area contributed by atoms with Crippen LogP contribution in [-0.2, 0) is 0 Å². The van der Waals surface area contributed by atoms with E-state index in [0.29, 0.717) is 0 Å². The van der Waals surface area contributed by atoms with Gasteiger partial charge >= 0.3 is 0 Å². The van der Waals surface area contributed by atoms with E-state index in [1.807, 2.05) is 0 Å². The van der Waals surface area contributed by atoms with Crippen LogP contribution in [0, 0.1) is 17.5 Å². The summed E-state index contributed by atoms with van der Waals surface area (Å²) >= 11 is 0. The number of nitrogens with one attached hydrogen (secondary N) is 1. The van der Waals surface area contributed by atoms with Gasteiger partial charge in [-0.2, -0.15) is 0 Å². The lowest BCUT2D eigenvalue weighted by molar-refractivity contribution is 0.589. The van der Waals surface area contributed by atoms with Gasteiger partial charge in [0.15, 0.2) is 0 Å².